The summed E-state index contributed by atoms with van der Waals surface area (Å²) in [7, 11) is 0. The van der Waals surface area contributed by atoms with Gasteiger partial charge in [0.05, 0.1) is 0 Å². The van der Waals surface area contributed by atoms with Gasteiger partial charge in [-0.3, -0.25) is 9.69 Å². The van der Waals surface area contributed by atoms with Crippen LogP contribution in [-0.2, 0) is 19.6 Å². The Balaban J connectivity index is 0.00000196. The number of hydrogen-bond donors (Lipinski definition) is 2. The highest BCUT2D eigenvalue weighted by Gasteiger charge is 2.17. The van der Waals surface area contributed by atoms with Gasteiger partial charge in [0.1, 0.15) is 0 Å². The Labute approximate surface area is 180 Å². The van der Waals surface area contributed by atoms with Crippen LogP contribution in [0.3, 0.4) is 0 Å². The number of likely N-dealkylation sites (tertiary alicyclic amines) is 1. The van der Waals surface area contributed by atoms with Gasteiger partial charge in [0.2, 0.25) is 0 Å². The zero-order chi connectivity index (χ0) is 18.4. The number of nitrogens with one attached hydrogen (secondary N) is 1. The summed E-state index contributed by atoms with van der Waals surface area (Å²) in [6.45, 7) is 6.66. The van der Waals surface area contributed by atoms with E-state index in [0.717, 1.165) is 31.1 Å². The monoisotopic (exact) mass is 423 g/mol. The molecule has 3 N–H and O–H groups in total. The van der Waals surface area contributed by atoms with Gasteiger partial charge >= 0.3 is 0 Å². The standard InChI is InChI=1S/C22H29N3O.2ClH/c1-17-10-12-25(13-11-17)16-21-5-3-2-4-20(21)15-24-22(26)19-8-6-18(14-23)7-9-19;;/h2-9,17H,10-16,23H2,1H3,(H,24,26);2*1H. The molecule has 1 aliphatic rings. The fourth-order valence-electron chi connectivity index (χ4n) is 3.42. The van der Waals surface area contributed by atoms with E-state index in [2.05, 4.69) is 35.3 Å². The van der Waals surface area contributed by atoms with Crippen LogP contribution < -0.4 is 11.1 Å². The summed E-state index contributed by atoms with van der Waals surface area (Å²) >= 11 is 0. The van der Waals surface area contributed by atoms with E-state index in [4.69, 9.17) is 5.73 Å². The number of carbonyl (C=O) groups excluding carboxylic acids is 1. The lowest BCUT2D eigenvalue weighted by Crippen LogP contribution is -2.33. The number of amides is 1. The van der Waals surface area contributed by atoms with Crippen molar-refractivity contribution < 1.29 is 4.79 Å². The highest BCUT2D eigenvalue weighted by atomic mass is 35.5. The Morgan fingerprint density at radius 2 is 1.64 bits per heavy atom. The van der Waals surface area contributed by atoms with Crippen LogP contribution in [0.2, 0.25) is 0 Å². The van der Waals surface area contributed by atoms with Crippen LogP contribution in [0.5, 0.6) is 0 Å². The lowest BCUT2D eigenvalue weighted by atomic mass is 9.98. The molecule has 1 heterocycles. The summed E-state index contributed by atoms with van der Waals surface area (Å²) in [4.78, 5) is 14.9. The van der Waals surface area contributed by atoms with Crippen LogP contribution in [0.4, 0.5) is 0 Å². The maximum absolute atomic E-state index is 12.4. The second-order valence-electron chi connectivity index (χ2n) is 7.31. The number of nitrogens with zero attached hydrogens (tertiary/aromatic N) is 1. The van der Waals surface area contributed by atoms with E-state index in [1.807, 2.05) is 30.3 Å². The summed E-state index contributed by atoms with van der Waals surface area (Å²) in [6, 6.07) is 15.9. The molecule has 0 saturated carbocycles. The van der Waals surface area contributed by atoms with Gasteiger partial charge in [-0.25, -0.2) is 0 Å². The quantitative estimate of drug-likeness (QED) is 0.733. The predicted molar refractivity (Wildman–Crippen MR) is 120 cm³/mol. The Hall–Kier alpha value is -1.59. The molecule has 2 aromatic carbocycles. The molecule has 3 rings (SSSR count). The number of piperidine rings is 1. The van der Waals surface area contributed by atoms with Gasteiger partial charge in [-0.05, 0) is 60.7 Å². The van der Waals surface area contributed by atoms with Gasteiger partial charge in [-0.1, -0.05) is 43.3 Å². The minimum atomic E-state index is -0.0461. The van der Waals surface area contributed by atoms with Crippen molar-refractivity contribution in [3.8, 4) is 0 Å². The molecular formula is C22H31Cl2N3O. The van der Waals surface area contributed by atoms with E-state index in [9.17, 15) is 4.79 Å². The first-order valence-corrected chi connectivity index (χ1v) is 9.52. The van der Waals surface area contributed by atoms with E-state index in [1.165, 1.54) is 24.0 Å². The van der Waals surface area contributed by atoms with Crippen LogP contribution in [-0.4, -0.2) is 23.9 Å². The molecule has 4 nitrogen and oxygen atoms in total. The third kappa shape index (κ3) is 6.78. The molecule has 2 aromatic rings. The maximum Gasteiger partial charge on any atom is 0.251 e. The van der Waals surface area contributed by atoms with Crippen LogP contribution in [0.15, 0.2) is 48.5 Å². The molecule has 28 heavy (non-hydrogen) atoms. The SMILES string of the molecule is CC1CCN(Cc2ccccc2CNC(=O)c2ccc(CN)cc2)CC1.Cl.Cl. The zero-order valence-electron chi connectivity index (χ0n) is 16.4. The van der Waals surface area contributed by atoms with E-state index in [1.54, 1.807) is 0 Å². The van der Waals surface area contributed by atoms with Crippen molar-refractivity contribution in [2.45, 2.75) is 39.4 Å². The number of carbonyl (C=O) groups is 1. The normalized spacial score (nSPS) is 14.6. The molecule has 0 aliphatic carbocycles. The molecular weight excluding hydrogens is 393 g/mol. The van der Waals surface area contributed by atoms with E-state index in [0.29, 0.717) is 18.7 Å². The minimum Gasteiger partial charge on any atom is -0.348 e. The maximum atomic E-state index is 12.4. The van der Waals surface area contributed by atoms with Gasteiger partial charge in [-0.15, -0.1) is 24.8 Å². The molecule has 1 saturated heterocycles. The van der Waals surface area contributed by atoms with Crippen molar-refractivity contribution in [1.82, 2.24) is 10.2 Å². The van der Waals surface area contributed by atoms with Crippen LogP contribution >= 0.6 is 24.8 Å². The van der Waals surface area contributed by atoms with Crippen molar-refractivity contribution in [1.29, 1.82) is 0 Å². The topological polar surface area (TPSA) is 58.4 Å². The molecule has 1 amide bonds. The summed E-state index contributed by atoms with van der Waals surface area (Å²) in [5.41, 5.74) is 9.81. The van der Waals surface area contributed by atoms with E-state index >= 15 is 0 Å². The van der Waals surface area contributed by atoms with Crippen molar-refractivity contribution in [3.63, 3.8) is 0 Å². The predicted octanol–water partition coefficient (Wildman–Crippen LogP) is 4.15. The molecule has 0 radical (unpaired) electrons. The van der Waals surface area contributed by atoms with Gasteiger partial charge < -0.3 is 11.1 Å². The Bertz CT molecular complexity index is 729. The first kappa shape index (κ1) is 24.4. The number of halogens is 2. The van der Waals surface area contributed by atoms with Gasteiger partial charge in [0, 0.05) is 25.2 Å². The molecule has 0 bridgehead atoms. The Kier molecular flexibility index (Phi) is 10.5. The average Bonchev–Trinajstić information content (AvgIpc) is 2.69. The molecule has 0 spiro atoms. The van der Waals surface area contributed by atoms with Crippen molar-refractivity contribution in [2.24, 2.45) is 11.7 Å². The summed E-state index contributed by atoms with van der Waals surface area (Å²) in [5, 5.41) is 3.05. The molecule has 154 valence electrons. The summed E-state index contributed by atoms with van der Waals surface area (Å²) in [6.07, 6.45) is 2.55. The van der Waals surface area contributed by atoms with E-state index in [-0.39, 0.29) is 30.7 Å². The highest BCUT2D eigenvalue weighted by Crippen LogP contribution is 2.19. The average molecular weight is 424 g/mol. The number of nitrogens with two attached hydrogens (primary N) is 1. The van der Waals surface area contributed by atoms with Crippen LogP contribution in [0.25, 0.3) is 0 Å². The van der Waals surface area contributed by atoms with Gasteiger partial charge in [0.15, 0.2) is 0 Å². The summed E-state index contributed by atoms with van der Waals surface area (Å²) < 4.78 is 0. The first-order valence-electron chi connectivity index (χ1n) is 9.52. The highest BCUT2D eigenvalue weighted by molar-refractivity contribution is 5.94. The zero-order valence-corrected chi connectivity index (χ0v) is 18.0. The second-order valence-corrected chi connectivity index (χ2v) is 7.31. The lowest BCUT2D eigenvalue weighted by molar-refractivity contribution is 0.0950. The van der Waals surface area contributed by atoms with Crippen molar-refractivity contribution in [2.75, 3.05) is 13.1 Å². The molecule has 0 unspecified atom stereocenters. The van der Waals surface area contributed by atoms with Crippen molar-refractivity contribution in [3.05, 3.63) is 70.8 Å². The molecule has 1 aliphatic heterocycles. The molecule has 6 heteroatoms. The smallest absolute Gasteiger partial charge is 0.251 e. The molecule has 0 atom stereocenters. The fraction of sp³-hybridized carbons (Fsp3) is 0.409. The number of rotatable bonds is 6. The molecule has 1 fully saturated rings. The summed E-state index contributed by atoms with van der Waals surface area (Å²) in [5.74, 6) is 0.793. The lowest BCUT2D eigenvalue weighted by Gasteiger charge is -2.30. The van der Waals surface area contributed by atoms with Gasteiger partial charge in [0.25, 0.3) is 5.91 Å². The van der Waals surface area contributed by atoms with Crippen LogP contribution in [0.1, 0.15) is 46.8 Å². The number of benzene rings is 2. The Morgan fingerprint density at radius 1 is 1.04 bits per heavy atom. The largest absolute Gasteiger partial charge is 0.348 e. The minimum absolute atomic E-state index is 0. The van der Waals surface area contributed by atoms with Gasteiger partial charge in [-0.2, -0.15) is 0 Å². The fourth-order valence-corrected chi connectivity index (χ4v) is 3.42. The van der Waals surface area contributed by atoms with Crippen LogP contribution in [0, 0.1) is 5.92 Å². The number of hydrogen-bond acceptors (Lipinski definition) is 3. The van der Waals surface area contributed by atoms with Crippen molar-refractivity contribution >= 4 is 30.7 Å². The first-order chi connectivity index (χ1) is 12.7. The Morgan fingerprint density at radius 3 is 2.25 bits per heavy atom. The third-order valence-corrected chi connectivity index (χ3v) is 5.28. The molecule has 0 aromatic heterocycles. The van der Waals surface area contributed by atoms with E-state index < -0.39 is 0 Å². The second kappa shape index (κ2) is 12.1. The third-order valence-electron chi connectivity index (χ3n) is 5.28.